The largest absolute Gasteiger partial charge is 0.759 e. The normalized spacial score (nSPS) is 16.9. The van der Waals surface area contributed by atoms with Crippen LogP contribution in [0.15, 0.2) is 11.4 Å². The topological polar surface area (TPSA) is 47.9 Å². The Morgan fingerprint density at radius 2 is 2.08 bits per heavy atom. The predicted octanol–water partition coefficient (Wildman–Crippen LogP) is 4.20. The Bertz CT molecular complexity index is 946. The lowest BCUT2D eigenvalue weighted by Gasteiger charge is -2.33. The monoisotopic (exact) mass is 358 g/mol. The molecule has 1 aliphatic rings. The molecule has 0 saturated carbocycles. The molecule has 4 nitrogen and oxygen atoms in total. The van der Waals surface area contributed by atoms with E-state index in [2.05, 4.69) is 37.7 Å². The minimum Gasteiger partial charge on any atom is -0.759 e. The second kappa shape index (κ2) is 5.58. The highest BCUT2D eigenvalue weighted by Crippen LogP contribution is 2.41. The number of rotatable bonds is 2. The van der Waals surface area contributed by atoms with Gasteiger partial charge in [0.2, 0.25) is 0 Å². The van der Waals surface area contributed by atoms with Crippen molar-refractivity contribution in [2.75, 3.05) is 0 Å². The van der Waals surface area contributed by atoms with Gasteiger partial charge in [0.1, 0.15) is 11.2 Å². The number of pyridine rings is 1. The van der Waals surface area contributed by atoms with Gasteiger partial charge in [-0.25, -0.2) is 9.97 Å². The van der Waals surface area contributed by atoms with Crippen molar-refractivity contribution in [1.82, 2.24) is 15.0 Å². The van der Waals surface area contributed by atoms with Crippen LogP contribution in [0.4, 0.5) is 0 Å². The fourth-order valence-corrected chi connectivity index (χ4v) is 4.74. The highest BCUT2D eigenvalue weighted by Gasteiger charge is 2.31. The van der Waals surface area contributed by atoms with E-state index in [0.29, 0.717) is 17.6 Å². The van der Waals surface area contributed by atoms with E-state index in [1.807, 2.05) is 0 Å². The van der Waals surface area contributed by atoms with Crippen molar-refractivity contribution < 1.29 is 4.74 Å². The van der Waals surface area contributed by atoms with Crippen LogP contribution >= 0.6 is 11.3 Å². The second-order valence-electron chi connectivity index (χ2n) is 7.48. The Morgan fingerprint density at radius 3 is 2.83 bits per heavy atom. The van der Waals surface area contributed by atoms with E-state index < -0.39 is 0 Å². The predicted molar refractivity (Wildman–Crippen MR) is 99.5 cm³/mol. The second-order valence-corrected chi connectivity index (χ2v) is 8.86. The summed E-state index contributed by atoms with van der Waals surface area (Å²) < 4.78 is 7.06. The van der Waals surface area contributed by atoms with Crippen molar-refractivity contribution in [2.45, 2.75) is 57.8 Å². The number of hydrogen-bond acceptors (Lipinski definition) is 6. The van der Waals surface area contributed by atoms with Gasteiger partial charge in [-0.3, -0.25) is 4.98 Å². The van der Waals surface area contributed by atoms with Gasteiger partial charge >= 0.3 is 0 Å². The fraction of sp³-hybridized carbons (Fsp3) is 0.500. The molecular weight excluding hydrogens is 338 g/mol. The maximum atomic E-state index is 6.09. The fourth-order valence-electron chi connectivity index (χ4n) is 3.41. The first-order valence-corrected chi connectivity index (χ1v) is 9.47. The zero-order valence-corrected chi connectivity index (χ0v) is 16.0. The van der Waals surface area contributed by atoms with E-state index in [4.69, 9.17) is 22.3 Å². The average Bonchev–Trinajstić information content (AvgIpc) is 2.85. The van der Waals surface area contributed by atoms with Crippen molar-refractivity contribution in [2.24, 2.45) is 5.92 Å². The Balaban J connectivity index is 2.08. The zero-order valence-electron chi connectivity index (χ0n) is 14.3. The van der Waals surface area contributed by atoms with Crippen LogP contribution in [-0.2, 0) is 36.8 Å². The number of thiophene rings is 1. The molecule has 0 amide bonds. The van der Waals surface area contributed by atoms with Crippen LogP contribution in [0.5, 0.6) is 0 Å². The molecule has 0 radical (unpaired) electrons. The van der Waals surface area contributed by atoms with E-state index in [0.717, 1.165) is 39.0 Å². The van der Waals surface area contributed by atoms with Crippen LogP contribution in [-0.4, -0.2) is 20.6 Å². The Hall–Kier alpha value is -1.37. The summed E-state index contributed by atoms with van der Waals surface area (Å²) in [5.41, 5.74) is 4.53. The van der Waals surface area contributed by atoms with Gasteiger partial charge in [-0.1, -0.05) is 18.9 Å². The average molecular weight is 359 g/mol. The molecule has 0 saturated heterocycles. The van der Waals surface area contributed by atoms with Crippen LogP contribution in [0.3, 0.4) is 0 Å². The summed E-state index contributed by atoms with van der Waals surface area (Å²) >= 11 is 7.03. The molecule has 4 heterocycles. The summed E-state index contributed by atoms with van der Waals surface area (Å²) in [4.78, 5) is 14.7. The Kier molecular flexibility index (Phi) is 3.74. The number of fused-ring (bicyclic) bond motifs is 5. The van der Waals surface area contributed by atoms with Crippen molar-refractivity contribution in [3.05, 3.63) is 23.1 Å². The molecule has 0 unspecified atom stereocenters. The van der Waals surface area contributed by atoms with Gasteiger partial charge in [0.15, 0.2) is 0 Å². The molecule has 24 heavy (non-hydrogen) atoms. The van der Waals surface area contributed by atoms with Crippen LogP contribution in [0.2, 0.25) is 0 Å². The quantitative estimate of drug-likeness (QED) is 0.508. The Labute approximate surface area is 151 Å². The first-order valence-electron chi connectivity index (χ1n) is 8.24. The summed E-state index contributed by atoms with van der Waals surface area (Å²) in [5.74, 6) is 0.553. The van der Waals surface area contributed by atoms with Crippen molar-refractivity contribution in [1.29, 1.82) is 0 Å². The van der Waals surface area contributed by atoms with Crippen LogP contribution in [0, 0.1) is 5.92 Å². The summed E-state index contributed by atoms with van der Waals surface area (Å²) in [7, 11) is 0. The molecule has 3 aromatic rings. The van der Waals surface area contributed by atoms with Gasteiger partial charge < -0.3 is 17.4 Å². The molecule has 3 aromatic heterocycles. The van der Waals surface area contributed by atoms with E-state index in [9.17, 15) is 0 Å². The number of ether oxygens (including phenoxy) is 1. The summed E-state index contributed by atoms with van der Waals surface area (Å²) in [6.07, 6.45) is 3.40. The lowest BCUT2D eigenvalue weighted by molar-refractivity contribution is -0.0402. The molecule has 0 bridgehead atoms. The highest BCUT2D eigenvalue weighted by atomic mass is 32.1. The maximum absolute atomic E-state index is 6.09. The summed E-state index contributed by atoms with van der Waals surface area (Å²) in [6, 6.07) is 0. The molecule has 0 aromatic carbocycles. The van der Waals surface area contributed by atoms with Gasteiger partial charge in [0, 0.05) is 23.1 Å². The Morgan fingerprint density at radius 1 is 1.29 bits per heavy atom. The third kappa shape index (κ3) is 2.57. The van der Waals surface area contributed by atoms with Crippen molar-refractivity contribution in [3.63, 3.8) is 0 Å². The first kappa shape index (κ1) is 16.1. The van der Waals surface area contributed by atoms with Crippen LogP contribution in [0.1, 0.15) is 44.5 Å². The third-order valence-corrected chi connectivity index (χ3v) is 6.00. The van der Waals surface area contributed by atoms with E-state index in [1.54, 1.807) is 17.7 Å². The highest BCUT2D eigenvalue weighted by molar-refractivity contribution is 7.59. The molecule has 0 atom stereocenters. The SMILES string of the molecule is CC(C)Cc1nc2sc3c([S-])ncnc3c2c2c1COC(C)(C)C2. The molecular formula is C18H20N3OS2-. The van der Waals surface area contributed by atoms with E-state index >= 15 is 0 Å². The van der Waals surface area contributed by atoms with Gasteiger partial charge in [-0.15, -0.1) is 11.3 Å². The molecule has 0 N–H and O–H groups in total. The first-order chi connectivity index (χ1) is 11.4. The summed E-state index contributed by atoms with van der Waals surface area (Å²) in [5, 5.41) is 1.77. The molecule has 126 valence electrons. The number of aromatic nitrogens is 3. The zero-order chi connectivity index (χ0) is 17.1. The molecule has 0 aliphatic carbocycles. The van der Waals surface area contributed by atoms with Gasteiger partial charge in [0.05, 0.1) is 22.4 Å². The van der Waals surface area contributed by atoms with Crippen molar-refractivity contribution >= 4 is 44.4 Å². The molecule has 1 aliphatic heterocycles. The number of nitrogens with zero attached hydrogens (tertiary/aromatic N) is 3. The third-order valence-electron chi connectivity index (χ3n) is 4.48. The standard InChI is InChI=1S/C18H21N3OS2/c1-9(2)5-12-11-7-22-18(3,4)6-10(11)13-14-15(24-17(13)21-12)16(23)20-8-19-14/h8-9H,5-7H2,1-4H3,(H,19,20,23)/p-1. The molecule has 0 spiro atoms. The van der Waals surface area contributed by atoms with E-state index in [1.165, 1.54) is 11.1 Å². The minimum atomic E-state index is -0.172. The maximum Gasteiger partial charge on any atom is 0.126 e. The molecule has 6 heteroatoms. The molecule has 0 fully saturated rings. The lowest BCUT2D eigenvalue weighted by Crippen LogP contribution is -2.33. The number of hydrogen-bond donors (Lipinski definition) is 0. The smallest absolute Gasteiger partial charge is 0.126 e. The lowest BCUT2D eigenvalue weighted by atomic mass is 9.88. The van der Waals surface area contributed by atoms with Crippen molar-refractivity contribution in [3.8, 4) is 0 Å². The van der Waals surface area contributed by atoms with Crippen LogP contribution < -0.4 is 0 Å². The van der Waals surface area contributed by atoms with E-state index in [-0.39, 0.29) is 5.60 Å². The van der Waals surface area contributed by atoms with Crippen LogP contribution in [0.25, 0.3) is 20.4 Å². The van der Waals surface area contributed by atoms with Gasteiger partial charge in [-0.2, -0.15) is 0 Å². The van der Waals surface area contributed by atoms with Gasteiger partial charge in [0.25, 0.3) is 0 Å². The molecule has 4 rings (SSSR count). The summed E-state index contributed by atoms with van der Waals surface area (Å²) in [6.45, 7) is 9.36. The minimum absolute atomic E-state index is 0.172. The van der Waals surface area contributed by atoms with Gasteiger partial charge in [-0.05, 0) is 31.7 Å².